The molecule has 1 aromatic heterocycles. The number of nitrogens with one attached hydrogen (secondary N) is 1. The van der Waals surface area contributed by atoms with E-state index in [1.165, 1.54) is 6.08 Å². The van der Waals surface area contributed by atoms with Crippen molar-refractivity contribution in [2.24, 2.45) is 5.41 Å². The van der Waals surface area contributed by atoms with Gasteiger partial charge in [0, 0.05) is 24.4 Å². The summed E-state index contributed by atoms with van der Waals surface area (Å²) in [6.07, 6.45) is 4.94. The largest absolute Gasteiger partial charge is 0.490 e. The Morgan fingerprint density at radius 2 is 2.22 bits per heavy atom. The van der Waals surface area contributed by atoms with Crippen molar-refractivity contribution in [1.82, 2.24) is 0 Å². The van der Waals surface area contributed by atoms with Crippen LogP contribution in [-0.2, 0) is 9.59 Å². The first-order valence-corrected chi connectivity index (χ1v) is 9.56. The molecule has 5 nitrogen and oxygen atoms in total. The van der Waals surface area contributed by atoms with E-state index in [-0.39, 0.29) is 18.4 Å². The third-order valence-corrected chi connectivity index (χ3v) is 4.91. The average molecular weight is 382 g/mol. The lowest BCUT2D eigenvalue weighted by Crippen LogP contribution is -2.42. The van der Waals surface area contributed by atoms with Crippen LogP contribution in [0.4, 0.5) is 11.4 Å². The Balaban J connectivity index is 1.81. The van der Waals surface area contributed by atoms with Crippen LogP contribution in [-0.4, -0.2) is 25.0 Å². The number of thiophene rings is 1. The molecule has 27 heavy (non-hydrogen) atoms. The number of fused-ring (bicyclic) bond motifs is 1. The van der Waals surface area contributed by atoms with Crippen molar-refractivity contribution in [2.45, 2.75) is 13.8 Å². The first-order valence-electron chi connectivity index (χ1n) is 8.62. The van der Waals surface area contributed by atoms with E-state index < -0.39 is 5.41 Å². The van der Waals surface area contributed by atoms with Crippen LogP contribution in [0.15, 0.2) is 53.8 Å². The molecule has 1 aliphatic rings. The van der Waals surface area contributed by atoms with Gasteiger partial charge in [0.2, 0.25) is 11.8 Å². The Kier molecular flexibility index (Phi) is 5.46. The minimum atomic E-state index is -0.644. The monoisotopic (exact) mass is 382 g/mol. The molecular weight excluding hydrogens is 360 g/mol. The number of ether oxygens (including phenoxy) is 1. The fourth-order valence-corrected chi connectivity index (χ4v) is 3.39. The van der Waals surface area contributed by atoms with Gasteiger partial charge in [-0.3, -0.25) is 9.59 Å². The van der Waals surface area contributed by atoms with Crippen LogP contribution < -0.4 is 15.0 Å². The number of nitrogens with zero attached hydrogens (tertiary/aromatic N) is 1. The first-order chi connectivity index (χ1) is 12.9. The zero-order valence-corrected chi connectivity index (χ0v) is 16.2. The van der Waals surface area contributed by atoms with E-state index in [0.717, 1.165) is 5.56 Å². The molecular formula is C21H22N2O3S. The highest BCUT2D eigenvalue weighted by molar-refractivity contribution is 7.08. The number of amides is 2. The smallest absolute Gasteiger partial charge is 0.248 e. The molecule has 0 spiro atoms. The van der Waals surface area contributed by atoms with Gasteiger partial charge in [-0.2, -0.15) is 11.3 Å². The highest BCUT2D eigenvalue weighted by atomic mass is 32.1. The Bertz CT molecular complexity index is 885. The van der Waals surface area contributed by atoms with Crippen LogP contribution in [0.3, 0.4) is 0 Å². The lowest BCUT2D eigenvalue weighted by Gasteiger charge is -2.27. The molecule has 0 unspecified atom stereocenters. The fourth-order valence-electron chi connectivity index (χ4n) is 2.76. The second kappa shape index (κ2) is 7.80. The van der Waals surface area contributed by atoms with Crippen LogP contribution in [0.1, 0.15) is 19.4 Å². The predicted molar refractivity (Wildman–Crippen MR) is 110 cm³/mol. The molecule has 140 valence electrons. The molecule has 1 N–H and O–H groups in total. The topological polar surface area (TPSA) is 58.6 Å². The van der Waals surface area contributed by atoms with Crippen molar-refractivity contribution >= 4 is 40.6 Å². The number of anilines is 2. The predicted octanol–water partition coefficient (Wildman–Crippen LogP) is 4.34. The zero-order valence-electron chi connectivity index (χ0n) is 15.4. The zero-order chi connectivity index (χ0) is 19.4. The average Bonchev–Trinajstić information content (AvgIpc) is 3.13. The molecule has 0 saturated carbocycles. The maximum atomic E-state index is 12.8. The molecule has 0 radical (unpaired) electrons. The molecule has 6 heteroatoms. The van der Waals surface area contributed by atoms with Gasteiger partial charge in [-0.15, -0.1) is 6.58 Å². The van der Waals surface area contributed by atoms with Gasteiger partial charge in [0.05, 0.1) is 11.1 Å². The van der Waals surface area contributed by atoms with E-state index >= 15 is 0 Å². The second-order valence-electron chi connectivity index (χ2n) is 6.94. The Hall–Kier alpha value is -2.86. The number of benzene rings is 1. The summed E-state index contributed by atoms with van der Waals surface area (Å²) < 4.78 is 5.89. The van der Waals surface area contributed by atoms with Crippen molar-refractivity contribution in [3.63, 3.8) is 0 Å². The number of rotatable bonds is 5. The Morgan fingerprint density at radius 3 is 2.93 bits per heavy atom. The highest BCUT2D eigenvalue weighted by Crippen LogP contribution is 2.38. The van der Waals surface area contributed by atoms with Crippen LogP contribution in [0.2, 0.25) is 0 Å². The summed E-state index contributed by atoms with van der Waals surface area (Å²) in [6, 6.07) is 7.24. The number of carbonyl (C=O) groups is 2. The Morgan fingerprint density at radius 1 is 1.41 bits per heavy atom. The van der Waals surface area contributed by atoms with Gasteiger partial charge in [-0.25, -0.2) is 0 Å². The molecule has 0 saturated heterocycles. The number of carbonyl (C=O) groups excluding carboxylic acids is 2. The summed E-state index contributed by atoms with van der Waals surface area (Å²) in [5, 5.41) is 6.75. The molecule has 0 bridgehead atoms. The van der Waals surface area contributed by atoms with E-state index in [1.807, 2.05) is 30.7 Å². The van der Waals surface area contributed by atoms with E-state index in [1.54, 1.807) is 46.6 Å². The lowest BCUT2D eigenvalue weighted by atomic mass is 9.93. The third-order valence-electron chi connectivity index (χ3n) is 4.21. The first kappa shape index (κ1) is 18.9. The lowest BCUT2D eigenvalue weighted by molar-refractivity contribution is -0.127. The van der Waals surface area contributed by atoms with Gasteiger partial charge >= 0.3 is 0 Å². The van der Waals surface area contributed by atoms with Crippen LogP contribution in [0, 0.1) is 5.41 Å². The van der Waals surface area contributed by atoms with E-state index in [2.05, 4.69) is 11.9 Å². The maximum Gasteiger partial charge on any atom is 0.248 e. The summed E-state index contributed by atoms with van der Waals surface area (Å²) in [7, 11) is 0. The van der Waals surface area contributed by atoms with E-state index in [4.69, 9.17) is 4.74 Å². The second-order valence-corrected chi connectivity index (χ2v) is 7.72. The summed E-state index contributed by atoms with van der Waals surface area (Å²) in [4.78, 5) is 26.6. The summed E-state index contributed by atoms with van der Waals surface area (Å²) >= 11 is 1.58. The minimum Gasteiger partial charge on any atom is -0.490 e. The van der Waals surface area contributed by atoms with Gasteiger partial charge in [0.25, 0.3) is 0 Å². The van der Waals surface area contributed by atoms with E-state index in [9.17, 15) is 9.59 Å². The van der Waals surface area contributed by atoms with Gasteiger partial charge in [0.15, 0.2) is 0 Å². The molecule has 2 amide bonds. The van der Waals surface area contributed by atoms with Crippen molar-refractivity contribution in [1.29, 1.82) is 0 Å². The molecule has 1 aliphatic heterocycles. The van der Waals surface area contributed by atoms with Crippen LogP contribution in [0.25, 0.3) is 6.08 Å². The minimum absolute atomic E-state index is 0.0170. The molecule has 2 aromatic rings. The molecule has 3 rings (SSSR count). The van der Waals surface area contributed by atoms with E-state index in [0.29, 0.717) is 23.7 Å². The number of hydrogen-bond acceptors (Lipinski definition) is 4. The normalized spacial score (nSPS) is 15.8. The Labute approximate surface area is 163 Å². The third kappa shape index (κ3) is 4.28. The highest BCUT2D eigenvalue weighted by Gasteiger charge is 2.37. The van der Waals surface area contributed by atoms with Crippen molar-refractivity contribution in [2.75, 3.05) is 23.4 Å². The molecule has 0 fully saturated rings. The number of hydrogen-bond donors (Lipinski definition) is 1. The van der Waals surface area contributed by atoms with Gasteiger partial charge in [-0.1, -0.05) is 6.08 Å². The molecule has 2 heterocycles. The molecule has 1 aromatic carbocycles. The summed E-state index contributed by atoms with van der Waals surface area (Å²) in [5.41, 5.74) is 1.63. The quantitative estimate of drug-likeness (QED) is 0.618. The van der Waals surface area contributed by atoms with Gasteiger partial charge in [0.1, 0.15) is 12.4 Å². The standard InChI is InChI=1S/C21H22N2O3S/c1-4-10-23-17-7-6-16(12-18(17)26-14-21(2,3)20(23)25)22-19(24)8-5-15-9-11-27-13-15/h4-9,11-13H,1,10,14H2,2-3H3,(H,22,24)/b8-5+. The molecule has 0 aliphatic carbocycles. The summed E-state index contributed by atoms with van der Waals surface area (Å²) in [5.74, 6) is 0.321. The van der Waals surface area contributed by atoms with Crippen molar-refractivity contribution < 1.29 is 14.3 Å². The van der Waals surface area contributed by atoms with Crippen molar-refractivity contribution in [3.8, 4) is 5.75 Å². The van der Waals surface area contributed by atoms with Crippen molar-refractivity contribution in [3.05, 3.63) is 59.3 Å². The summed E-state index contributed by atoms with van der Waals surface area (Å²) in [6.45, 7) is 8.12. The SMILES string of the molecule is C=CCN1C(=O)C(C)(C)COc2cc(NC(=O)/C=C/c3ccsc3)ccc21. The molecule has 0 atom stereocenters. The fraction of sp³-hybridized carbons (Fsp3) is 0.238. The van der Waals surface area contributed by atoms with Crippen LogP contribution >= 0.6 is 11.3 Å². The van der Waals surface area contributed by atoms with Gasteiger partial charge < -0.3 is 15.0 Å². The maximum absolute atomic E-state index is 12.8. The van der Waals surface area contributed by atoms with Crippen LogP contribution in [0.5, 0.6) is 5.75 Å². The van der Waals surface area contributed by atoms with Gasteiger partial charge in [-0.05, 0) is 54.4 Å².